The Morgan fingerprint density at radius 3 is 2.75 bits per heavy atom. The number of benzene rings is 1. The SMILES string of the molecule is NCC1CCC(C(=O)NC(CO)Cc2ccccc2)O1. The molecular formula is C15H22N2O3. The van der Waals surface area contributed by atoms with E-state index >= 15 is 0 Å². The molecule has 1 heterocycles. The van der Waals surface area contributed by atoms with Gasteiger partial charge in [-0.2, -0.15) is 0 Å². The summed E-state index contributed by atoms with van der Waals surface area (Å²) in [6, 6.07) is 9.49. The summed E-state index contributed by atoms with van der Waals surface area (Å²) >= 11 is 0. The summed E-state index contributed by atoms with van der Waals surface area (Å²) in [5.74, 6) is -0.157. The molecule has 2 rings (SSSR count). The number of nitrogens with one attached hydrogen (secondary N) is 1. The molecule has 1 aromatic rings. The Labute approximate surface area is 119 Å². The molecule has 3 unspecified atom stereocenters. The Morgan fingerprint density at radius 1 is 1.40 bits per heavy atom. The minimum atomic E-state index is -0.437. The van der Waals surface area contributed by atoms with Crippen LogP contribution < -0.4 is 11.1 Å². The summed E-state index contributed by atoms with van der Waals surface area (Å²) in [7, 11) is 0. The summed E-state index contributed by atoms with van der Waals surface area (Å²) in [5, 5.41) is 12.2. The second-order valence-corrected chi connectivity index (χ2v) is 5.14. The van der Waals surface area contributed by atoms with E-state index in [4.69, 9.17) is 10.5 Å². The molecule has 0 bridgehead atoms. The molecule has 5 nitrogen and oxygen atoms in total. The van der Waals surface area contributed by atoms with Crippen LogP contribution in [0.15, 0.2) is 30.3 Å². The second-order valence-electron chi connectivity index (χ2n) is 5.14. The van der Waals surface area contributed by atoms with Gasteiger partial charge in [-0.3, -0.25) is 4.79 Å². The number of aliphatic hydroxyl groups is 1. The van der Waals surface area contributed by atoms with E-state index in [0.29, 0.717) is 19.4 Å². The van der Waals surface area contributed by atoms with E-state index in [1.807, 2.05) is 30.3 Å². The summed E-state index contributed by atoms with van der Waals surface area (Å²) in [6.45, 7) is 0.352. The third-order valence-corrected chi connectivity index (χ3v) is 3.55. The second kappa shape index (κ2) is 7.38. The van der Waals surface area contributed by atoms with Crippen molar-refractivity contribution in [3.8, 4) is 0 Å². The number of hydrogen-bond donors (Lipinski definition) is 3. The Bertz CT molecular complexity index is 424. The third kappa shape index (κ3) is 4.03. The molecule has 1 fully saturated rings. The fraction of sp³-hybridized carbons (Fsp3) is 0.533. The van der Waals surface area contributed by atoms with Crippen molar-refractivity contribution in [1.82, 2.24) is 5.32 Å². The molecule has 20 heavy (non-hydrogen) atoms. The van der Waals surface area contributed by atoms with E-state index < -0.39 is 6.10 Å². The Balaban J connectivity index is 1.85. The highest BCUT2D eigenvalue weighted by atomic mass is 16.5. The van der Waals surface area contributed by atoms with Crippen LogP contribution in [0, 0.1) is 0 Å². The highest BCUT2D eigenvalue weighted by Crippen LogP contribution is 2.19. The van der Waals surface area contributed by atoms with Crippen molar-refractivity contribution in [1.29, 1.82) is 0 Å². The molecule has 110 valence electrons. The van der Waals surface area contributed by atoms with Crippen molar-refractivity contribution in [2.45, 2.75) is 37.5 Å². The first-order valence-corrected chi connectivity index (χ1v) is 7.03. The van der Waals surface area contributed by atoms with Crippen molar-refractivity contribution >= 4 is 5.91 Å². The van der Waals surface area contributed by atoms with Gasteiger partial charge in [0.05, 0.1) is 18.8 Å². The number of carbonyl (C=O) groups is 1. The molecule has 1 saturated heterocycles. The van der Waals surface area contributed by atoms with Crippen molar-refractivity contribution < 1.29 is 14.6 Å². The van der Waals surface area contributed by atoms with Gasteiger partial charge in [0.25, 0.3) is 0 Å². The molecule has 1 aliphatic rings. The molecule has 1 aromatic carbocycles. The predicted molar refractivity (Wildman–Crippen MR) is 76.1 cm³/mol. The largest absolute Gasteiger partial charge is 0.394 e. The van der Waals surface area contributed by atoms with Gasteiger partial charge in [-0.15, -0.1) is 0 Å². The maximum atomic E-state index is 12.1. The molecule has 0 aliphatic carbocycles. The van der Waals surface area contributed by atoms with Crippen LogP contribution in [0.1, 0.15) is 18.4 Å². The van der Waals surface area contributed by atoms with Gasteiger partial charge in [-0.25, -0.2) is 0 Å². The van der Waals surface area contributed by atoms with E-state index in [-0.39, 0.29) is 24.7 Å². The van der Waals surface area contributed by atoms with E-state index in [2.05, 4.69) is 5.32 Å². The average Bonchev–Trinajstić information content (AvgIpc) is 2.96. The van der Waals surface area contributed by atoms with Gasteiger partial charge in [0.2, 0.25) is 5.91 Å². The van der Waals surface area contributed by atoms with Crippen LogP contribution in [-0.2, 0) is 16.0 Å². The van der Waals surface area contributed by atoms with E-state index in [0.717, 1.165) is 12.0 Å². The van der Waals surface area contributed by atoms with Gasteiger partial charge in [0, 0.05) is 6.54 Å². The van der Waals surface area contributed by atoms with Crippen LogP contribution in [0.4, 0.5) is 0 Å². The smallest absolute Gasteiger partial charge is 0.249 e. The van der Waals surface area contributed by atoms with Gasteiger partial charge < -0.3 is 20.9 Å². The lowest BCUT2D eigenvalue weighted by Crippen LogP contribution is -2.44. The standard InChI is InChI=1S/C15H22N2O3/c16-9-13-6-7-14(20-13)15(19)17-12(10-18)8-11-4-2-1-3-5-11/h1-5,12-14,18H,6-10,16H2,(H,17,19). The molecule has 5 heteroatoms. The number of nitrogens with two attached hydrogens (primary N) is 1. The molecule has 4 N–H and O–H groups in total. The predicted octanol–water partition coefficient (Wildman–Crippen LogP) is 0.213. The van der Waals surface area contributed by atoms with Crippen LogP contribution >= 0.6 is 0 Å². The minimum Gasteiger partial charge on any atom is -0.394 e. The zero-order valence-corrected chi connectivity index (χ0v) is 11.5. The van der Waals surface area contributed by atoms with E-state index in [1.54, 1.807) is 0 Å². The van der Waals surface area contributed by atoms with Gasteiger partial charge in [-0.1, -0.05) is 30.3 Å². The van der Waals surface area contributed by atoms with Gasteiger partial charge in [0.1, 0.15) is 6.10 Å². The lowest BCUT2D eigenvalue weighted by molar-refractivity contribution is -0.132. The summed E-state index contributed by atoms with van der Waals surface area (Å²) < 4.78 is 5.55. The molecule has 0 radical (unpaired) electrons. The summed E-state index contributed by atoms with van der Waals surface area (Å²) in [6.07, 6.45) is 1.66. The van der Waals surface area contributed by atoms with Crippen molar-refractivity contribution in [3.05, 3.63) is 35.9 Å². The fourth-order valence-corrected chi connectivity index (χ4v) is 2.43. The van der Waals surface area contributed by atoms with Crippen LogP contribution in [0.2, 0.25) is 0 Å². The number of amides is 1. The maximum Gasteiger partial charge on any atom is 0.249 e. The number of ether oxygens (including phenoxy) is 1. The monoisotopic (exact) mass is 278 g/mol. The lowest BCUT2D eigenvalue weighted by atomic mass is 10.1. The highest BCUT2D eigenvalue weighted by Gasteiger charge is 2.30. The normalized spacial score (nSPS) is 23.5. The van der Waals surface area contributed by atoms with Crippen LogP contribution in [0.3, 0.4) is 0 Å². The topological polar surface area (TPSA) is 84.6 Å². The maximum absolute atomic E-state index is 12.1. The van der Waals surface area contributed by atoms with E-state index in [9.17, 15) is 9.90 Å². The van der Waals surface area contributed by atoms with Crippen LogP contribution in [0.5, 0.6) is 0 Å². The quantitative estimate of drug-likeness (QED) is 0.694. The molecule has 1 amide bonds. The van der Waals surface area contributed by atoms with Gasteiger partial charge in [-0.05, 0) is 24.8 Å². The molecule has 3 atom stereocenters. The fourth-order valence-electron chi connectivity index (χ4n) is 2.43. The Hall–Kier alpha value is -1.43. The van der Waals surface area contributed by atoms with Gasteiger partial charge >= 0.3 is 0 Å². The molecule has 1 aliphatic heterocycles. The third-order valence-electron chi connectivity index (χ3n) is 3.55. The zero-order chi connectivity index (χ0) is 14.4. The summed E-state index contributed by atoms with van der Waals surface area (Å²) in [5.41, 5.74) is 6.61. The average molecular weight is 278 g/mol. The first-order chi connectivity index (χ1) is 9.72. The minimum absolute atomic E-state index is 0.0209. The molecular weight excluding hydrogens is 256 g/mol. The van der Waals surface area contributed by atoms with Crippen LogP contribution in [-0.4, -0.2) is 42.4 Å². The number of carbonyl (C=O) groups excluding carboxylic acids is 1. The molecule has 0 saturated carbocycles. The van der Waals surface area contributed by atoms with Crippen molar-refractivity contribution in [2.24, 2.45) is 5.73 Å². The lowest BCUT2D eigenvalue weighted by Gasteiger charge is -2.19. The van der Waals surface area contributed by atoms with Crippen LogP contribution in [0.25, 0.3) is 0 Å². The molecule has 0 aromatic heterocycles. The highest BCUT2D eigenvalue weighted by molar-refractivity contribution is 5.81. The summed E-state index contributed by atoms with van der Waals surface area (Å²) in [4.78, 5) is 12.1. The first kappa shape index (κ1) is 15.0. The molecule has 0 spiro atoms. The number of rotatable bonds is 6. The zero-order valence-electron chi connectivity index (χ0n) is 11.5. The first-order valence-electron chi connectivity index (χ1n) is 7.03. The van der Waals surface area contributed by atoms with Gasteiger partial charge in [0.15, 0.2) is 0 Å². The Morgan fingerprint density at radius 2 is 2.15 bits per heavy atom. The Kier molecular flexibility index (Phi) is 5.52. The number of aliphatic hydroxyl groups excluding tert-OH is 1. The van der Waals surface area contributed by atoms with Crippen molar-refractivity contribution in [2.75, 3.05) is 13.2 Å². The number of hydrogen-bond acceptors (Lipinski definition) is 4. The van der Waals surface area contributed by atoms with E-state index in [1.165, 1.54) is 0 Å². The van der Waals surface area contributed by atoms with Crippen molar-refractivity contribution in [3.63, 3.8) is 0 Å².